The lowest BCUT2D eigenvalue weighted by atomic mass is 9.89. The first-order chi connectivity index (χ1) is 8.59. The number of hydrogen-bond donors (Lipinski definition) is 2. The molecule has 0 saturated heterocycles. The van der Waals surface area contributed by atoms with Gasteiger partial charge in [0.2, 0.25) is 0 Å². The van der Waals surface area contributed by atoms with Gasteiger partial charge in [0.1, 0.15) is 0 Å². The summed E-state index contributed by atoms with van der Waals surface area (Å²) in [4.78, 5) is 0. The predicted octanol–water partition coefficient (Wildman–Crippen LogP) is 2.72. The SMILES string of the molecule is CCNC(C)(CO)CCCOC1CCC(C)CC1. The van der Waals surface area contributed by atoms with Crippen LogP contribution in [0.5, 0.6) is 0 Å². The van der Waals surface area contributed by atoms with Gasteiger partial charge in [-0.25, -0.2) is 0 Å². The Morgan fingerprint density at radius 3 is 2.50 bits per heavy atom. The van der Waals surface area contributed by atoms with Crippen LogP contribution in [0.1, 0.15) is 59.3 Å². The summed E-state index contributed by atoms with van der Waals surface area (Å²) >= 11 is 0. The zero-order valence-electron chi connectivity index (χ0n) is 12.4. The summed E-state index contributed by atoms with van der Waals surface area (Å²) in [7, 11) is 0. The third-order valence-electron chi connectivity index (χ3n) is 4.14. The average Bonchev–Trinajstić information content (AvgIpc) is 2.37. The van der Waals surface area contributed by atoms with E-state index in [4.69, 9.17) is 4.74 Å². The van der Waals surface area contributed by atoms with Crippen molar-refractivity contribution in [2.75, 3.05) is 19.8 Å². The molecule has 0 radical (unpaired) electrons. The Morgan fingerprint density at radius 2 is 1.94 bits per heavy atom. The van der Waals surface area contributed by atoms with Crippen LogP contribution in [0.3, 0.4) is 0 Å². The number of likely N-dealkylation sites (N-methyl/N-ethyl adjacent to an activating group) is 1. The summed E-state index contributed by atoms with van der Waals surface area (Å²) in [5, 5.41) is 12.7. The van der Waals surface area contributed by atoms with E-state index in [1.807, 2.05) is 0 Å². The van der Waals surface area contributed by atoms with Crippen molar-refractivity contribution in [2.45, 2.75) is 70.9 Å². The fourth-order valence-electron chi connectivity index (χ4n) is 2.76. The highest BCUT2D eigenvalue weighted by Gasteiger charge is 2.22. The Morgan fingerprint density at radius 1 is 1.28 bits per heavy atom. The number of rotatable bonds is 8. The van der Waals surface area contributed by atoms with Crippen molar-refractivity contribution >= 4 is 0 Å². The van der Waals surface area contributed by atoms with E-state index < -0.39 is 0 Å². The van der Waals surface area contributed by atoms with E-state index in [2.05, 4.69) is 26.1 Å². The third-order valence-corrected chi connectivity index (χ3v) is 4.14. The van der Waals surface area contributed by atoms with Crippen LogP contribution in [-0.2, 0) is 4.74 Å². The van der Waals surface area contributed by atoms with Crippen LogP contribution in [0.25, 0.3) is 0 Å². The topological polar surface area (TPSA) is 41.5 Å². The summed E-state index contributed by atoms with van der Waals surface area (Å²) in [5.41, 5.74) is -0.140. The smallest absolute Gasteiger partial charge is 0.0610 e. The molecule has 0 bridgehead atoms. The number of aliphatic hydroxyl groups is 1. The summed E-state index contributed by atoms with van der Waals surface area (Å²) in [6.07, 6.45) is 7.57. The molecule has 1 aliphatic carbocycles. The molecule has 1 fully saturated rings. The zero-order chi connectivity index (χ0) is 13.4. The molecule has 1 atom stereocenters. The molecule has 1 saturated carbocycles. The molecule has 0 spiro atoms. The summed E-state index contributed by atoms with van der Waals surface area (Å²) < 4.78 is 5.94. The van der Waals surface area contributed by atoms with E-state index in [1.54, 1.807) is 0 Å². The van der Waals surface area contributed by atoms with Gasteiger partial charge in [-0.1, -0.05) is 13.8 Å². The van der Waals surface area contributed by atoms with E-state index in [0.29, 0.717) is 6.10 Å². The van der Waals surface area contributed by atoms with E-state index in [1.165, 1.54) is 25.7 Å². The van der Waals surface area contributed by atoms with Crippen LogP contribution in [0, 0.1) is 5.92 Å². The molecule has 0 aromatic carbocycles. The van der Waals surface area contributed by atoms with E-state index in [-0.39, 0.29) is 12.1 Å². The van der Waals surface area contributed by atoms with E-state index >= 15 is 0 Å². The van der Waals surface area contributed by atoms with Crippen LogP contribution >= 0.6 is 0 Å². The van der Waals surface area contributed by atoms with Gasteiger partial charge in [0.05, 0.1) is 12.7 Å². The molecule has 108 valence electrons. The molecular formula is C15H31NO2. The highest BCUT2D eigenvalue weighted by molar-refractivity contribution is 4.81. The molecule has 0 heterocycles. The van der Waals surface area contributed by atoms with Gasteiger partial charge >= 0.3 is 0 Å². The Hall–Kier alpha value is -0.120. The van der Waals surface area contributed by atoms with Crippen molar-refractivity contribution < 1.29 is 9.84 Å². The molecular weight excluding hydrogens is 226 g/mol. The second kappa shape index (κ2) is 8.13. The quantitative estimate of drug-likeness (QED) is 0.657. The minimum atomic E-state index is -0.140. The largest absolute Gasteiger partial charge is 0.394 e. The first-order valence-electron chi connectivity index (χ1n) is 7.57. The second-order valence-electron chi connectivity index (χ2n) is 6.11. The Bertz CT molecular complexity index is 215. The molecule has 18 heavy (non-hydrogen) atoms. The molecule has 0 aliphatic heterocycles. The minimum Gasteiger partial charge on any atom is -0.394 e. The lowest BCUT2D eigenvalue weighted by molar-refractivity contribution is 0.0141. The van der Waals surface area contributed by atoms with Gasteiger partial charge in [-0.15, -0.1) is 0 Å². The van der Waals surface area contributed by atoms with Crippen molar-refractivity contribution in [3.63, 3.8) is 0 Å². The van der Waals surface area contributed by atoms with Gasteiger partial charge in [0.25, 0.3) is 0 Å². The van der Waals surface area contributed by atoms with Gasteiger partial charge in [-0.2, -0.15) is 0 Å². The van der Waals surface area contributed by atoms with Crippen LogP contribution in [0.15, 0.2) is 0 Å². The fourth-order valence-corrected chi connectivity index (χ4v) is 2.76. The van der Waals surface area contributed by atoms with E-state index in [0.717, 1.165) is 31.9 Å². The summed E-state index contributed by atoms with van der Waals surface area (Å²) in [6.45, 7) is 8.42. The number of hydrogen-bond acceptors (Lipinski definition) is 3. The van der Waals surface area contributed by atoms with Gasteiger partial charge < -0.3 is 15.2 Å². The Balaban J connectivity index is 2.10. The second-order valence-corrected chi connectivity index (χ2v) is 6.11. The standard InChI is InChI=1S/C15H31NO2/c1-4-16-15(3,12-17)10-5-11-18-14-8-6-13(2)7-9-14/h13-14,16-17H,4-12H2,1-3H3. The van der Waals surface area contributed by atoms with Crippen LogP contribution in [0.4, 0.5) is 0 Å². The molecule has 3 nitrogen and oxygen atoms in total. The average molecular weight is 257 g/mol. The fraction of sp³-hybridized carbons (Fsp3) is 1.00. The van der Waals surface area contributed by atoms with Crippen molar-refractivity contribution in [1.82, 2.24) is 5.32 Å². The van der Waals surface area contributed by atoms with Gasteiger partial charge in [-0.05, 0) is 57.9 Å². The lowest BCUT2D eigenvalue weighted by Crippen LogP contribution is -2.45. The van der Waals surface area contributed by atoms with Gasteiger partial charge in [0, 0.05) is 12.1 Å². The minimum absolute atomic E-state index is 0.140. The lowest BCUT2D eigenvalue weighted by Gasteiger charge is -2.29. The first-order valence-corrected chi connectivity index (χ1v) is 7.57. The Labute approximate surface area is 112 Å². The predicted molar refractivity (Wildman–Crippen MR) is 75.8 cm³/mol. The monoisotopic (exact) mass is 257 g/mol. The molecule has 2 N–H and O–H groups in total. The van der Waals surface area contributed by atoms with Gasteiger partial charge in [0.15, 0.2) is 0 Å². The molecule has 1 aliphatic rings. The molecule has 0 aromatic rings. The maximum Gasteiger partial charge on any atom is 0.0610 e. The van der Waals surface area contributed by atoms with E-state index in [9.17, 15) is 5.11 Å². The first kappa shape index (κ1) is 15.9. The van der Waals surface area contributed by atoms with Crippen molar-refractivity contribution in [3.8, 4) is 0 Å². The van der Waals surface area contributed by atoms with Gasteiger partial charge in [-0.3, -0.25) is 0 Å². The highest BCUT2D eigenvalue weighted by atomic mass is 16.5. The van der Waals surface area contributed by atoms with Crippen molar-refractivity contribution in [1.29, 1.82) is 0 Å². The molecule has 0 aromatic heterocycles. The highest BCUT2D eigenvalue weighted by Crippen LogP contribution is 2.25. The zero-order valence-corrected chi connectivity index (χ0v) is 12.4. The third kappa shape index (κ3) is 5.68. The Kier molecular flexibility index (Phi) is 7.20. The van der Waals surface area contributed by atoms with Crippen LogP contribution in [0.2, 0.25) is 0 Å². The molecule has 1 unspecified atom stereocenters. The van der Waals surface area contributed by atoms with Crippen molar-refractivity contribution in [3.05, 3.63) is 0 Å². The molecule has 0 amide bonds. The van der Waals surface area contributed by atoms with Crippen LogP contribution < -0.4 is 5.32 Å². The summed E-state index contributed by atoms with van der Waals surface area (Å²) in [5.74, 6) is 0.885. The maximum atomic E-state index is 9.39. The summed E-state index contributed by atoms with van der Waals surface area (Å²) in [6, 6.07) is 0. The maximum absolute atomic E-state index is 9.39. The number of aliphatic hydroxyl groups excluding tert-OH is 1. The van der Waals surface area contributed by atoms with Crippen LogP contribution in [-0.4, -0.2) is 36.5 Å². The normalized spacial score (nSPS) is 28.0. The van der Waals surface area contributed by atoms with Crippen molar-refractivity contribution in [2.24, 2.45) is 5.92 Å². The molecule has 1 rings (SSSR count). The molecule has 3 heteroatoms. The number of nitrogens with one attached hydrogen (secondary N) is 1. The number of ether oxygens (including phenoxy) is 1.